The molecule has 0 N–H and O–H groups in total. The van der Waals surface area contributed by atoms with Gasteiger partial charge in [-0.1, -0.05) is 97.1 Å². The van der Waals surface area contributed by atoms with Gasteiger partial charge in [-0.25, -0.2) is 9.97 Å². The van der Waals surface area contributed by atoms with Crippen LogP contribution >= 0.6 is 0 Å². The molecule has 5 nitrogen and oxygen atoms in total. The summed E-state index contributed by atoms with van der Waals surface area (Å²) in [7, 11) is 0. The van der Waals surface area contributed by atoms with Gasteiger partial charge in [0.15, 0.2) is 0 Å². The normalized spacial score (nSPS) is 13.4. The molecule has 0 spiro atoms. The lowest BCUT2D eigenvalue weighted by atomic mass is 9.97. The number of nitrogens with zero attached hydrogens (tertiary/aromatic N) is 4. The van der Waals surface area contributed by atoms with Crippen LogP contribution in [-0.4, -0.2) is 9.97 Å². The molecular formula is C52H40N4O. The van der Waals surface area contributed by atoms with Gasteiger partial charge < -0.3 is 14.2 Å². The molecule has 0 saturated carbocycles. The van der Waals surface area contributed by atoms with Gasteiger partial charge >= 0.3 is 0 Å². The molecule has 0 saturated heterocycles. The molecule has 0 radical (unpaired) electrons. The summed E-state index contributed by atoms with van der Waals surface area (Å²) in [5.74, 6) is 0. The fourth-order valence-electron chi connectivity index (χ4n) is 9.27. The molecule has 3 aromatic heterocycles. The van der Waals surface area contributed by atoms with E-state index in [1.54, 1.807) is 0 Å². The maximum Gasteiger partial charge on any atom is 0.229 e. The average Bonchev–Trinajstić information content (AvgIpc) is 3.41. The Hall–Kier alpha value is -6.98. The van der Waals surface area contributed by atoms with Gasteiger partial charge in [0.2, 0.25) is 11.4 Å². The molecule has 2 aliphatic rings. The quantitative estimate of drug-likeness (QED) is 0.180. The summed E-state index contributed by atoms with van der Waals surface area (Å²) in [4.78, 5) is 14.7. The SMILES string of the molecule is Cc1c(-c2cnc3oc4ncc(-c5cccc(N6c7ccccc7CCc7ccccc76)c5C)cc4c3c2)cccc1N1c2ccccc2CCc2ccccc21. The van der Waals surface area contributed by atoms with E-state index in [0.29, 0.717) is 11.4 Å². The van der Waals surface area contributed by atoms with Crippen molar-refractivity contribution in [1.29, 1.82) is 0 Å². The van der Waals surface area contributed by atoms with Crippen LogP contribution in [0.2, 0.25) is 0 Å². The summed E-state index contributed by atoms with van der Waals surface area (Å²) >= 11 is 0. The molecule has 2 aliphatic heterocycles. The van der Waals surface area contributed by atoms with Gasteiger partial charge in [0.1, 0.15) is 0 Å². The van der Waals surface area contributed by atoms with E-state index < -0.39 is 0 Å². The highest BCUT2D eigenvalue weighted by atomic mass is 16.3. The van der Waals surface area contributed by atoms with Crippen LogP contribution in [0, 0.1) is 13.8 Å². The standard InChI is InChI=1S/C52H40N4O/c1-33-41(17-11-23-45(33)55-47-19-7-3-13-35(47)25-26-36-14-4-8-20-48(36)55)39-29-43-44-30-40(32-54-52(44)57-51(43)53-31-39)42-18-12-24-46(34(42)2)56-49-21-9-5-15-37(49)27-28-38-16-6-10-22-50(38)56/h3-24,29-32H,25-28H2,1-2H3. The first-order valence-corrected chi connectivity index (χ1v) is 19.9. The predicted molar refractivity (Wildman–Crippen MR) is 234 cm³/mol. The van der Waals surface area contributed by atoms with Crippen molar-refractivity contribution in [3.05, 3.63) is 191 Å². The third-order valence-corrected chi connectivity index (χ3v) is 12.2. The number of pyridine rings is 2. The topological polar surface area (TPSA) is 45.4 Å². The number of hydrogen-bond donors (Lipinski definition) is 0. The predicted octanol–water partition coefficient (Wildman–Crippen LogP) is 13.5. The van der Waals surface area contributed by atoms with E-state index in [0.717, 1.165) is 58.7 Å². The summed E-state index contributed by atoms with van der Waals surface area (Å²) in [6.07, 6.45) is 7.92. The molecular weight excluding hydrogens is 697 g/mol. The second-order valence-electron chi connectivity index (χ2n) is 15.3. The number of fused-ring (bicyclic) bond motifs is 7. The molecule has 0 aliphatic carbocycles. The van der Waals surface area contributed by atoms with Crippen LogP contribution < -0.4 is 9.80 Å². The highest BCUT2D eigenvalue weighted by molar-refractivity contribution is 6.05. The molecule has 0 fully saturated rings. The van der Waals surface area contributed by atoms with E-state index in [2.05, 4.69) is 169 Å². The number of anilines is 6. The van der Waals surface area contributed by atoms with Gasteiger partial charge in [-0.05, 0) is 133 Å². The Morgan fingerprint density at radius 3 is 1.11 bits per heavy atom. The first-order valence-electron chi connectivity index (χ1n) is 19.9. The monoisotopic (exact) mass is 736 g/mol. The molecule has 0 unspecified atom stereocenters. The van der Waals surface area contributed by atoms with E-state index in [-0.39, 0.29) is 0 Å². The Kier molecular flexibility index (Phi) is 7.81. The zero-order valence-electron chi connectivity index (χ0n) is 32.0. The molecule has 6 aromatic carbocycles. The molecule has 274 valence electrons. The van der Waals surface area contributed by atoms with Crippen molar-refractivity contribution in [3.8, 4) is 22.3 Å². The number of aromatic nitrogens is 2. The molecule has 0 bridgehead atoms. The van der Waals surface area contributed by atoms with Crippen LogP contribution in [0.3, 0.4) is 0 Å². The van der Waals surface area contributed by atoms with Crippen molar-refractivity contribution in [2.45, 2.75) is 39.5 Å². The summed E-state index contributed by atoms with van der Waals surface area (Å²) < 4.78 is 6.28. The first-order chi connectivity index (χ1) is 28.1. The molecule has 0 atom stereocenters. The third-order valence-electron chi connectivity index (χ3n) is 12.2. The highest BCUT2D eigenvalue weighted by Gasteiger charge is 2.26. The fourth-order valence-corrected chi connectivity index (χ4v) is 9.27. The van der Waals surface area contributed by atoms with E-state index in [4.69, 9.17) is 14.4 Å². The summed E-state index contributed by atoms with van der Waals surface area (Å²) in [6.45, 7) is 4.46. The van der Waals surface area contributed by atoms with Crippen molar-refractivity contribution in [2.75, 3.05) is 9.80 Å². The van der Waals surface area contributed by atoms with Gasteiger partial charge in [-0.15, -0.1) is 0 Å². The van der Waals surface area contributed by atoms with Crippen molar-refractivity contribution in [1.82, 2.24) is 9.97 Å². The minimum Gasteiger partial charge on any atom is -0.419 e. The Bertz CT molecular complexity index is 2730. The van der Waals surface area contributed by atoms with Crippen molar-refractivity contribution < 1.29 is 4.42 Å². The number of aryl methyl sites for hydroxylation is 4. The molecule has 5 heterocycles. The van der Waals surface area contributed by atoms with Gasteiger partial charge in [-0.2, -0.15) is 0 Å². The van der Waals surface area contributed by atoms with Crippen molar-refractivity contribution in [2.24, 2.45) is 0 Å². The Morgan fingerprint density at radius 2 is 0.737 bits per heavy atom. The lowest BCUT2D eigenvalue weighted by Crippen LogP contribution is -2.13. The van der Waals surface area contributed by atoms with E-state index >= 15 is 0 Å². The maximum atomic E-state index is 6.28. The Morgan fingerprint density at radius 1 is 0.404 bits per heavy atom. The van der Waals surface area contributed by atoms with Gasteiger partial charge in [0, 0.05) is 57.6 Å². The van der Waals surface area contributed by atoms with Crippen LogP contribution in [-0.2, 0) is 25.7 Å². The van der Waals surface area contributed by atoms with Crippen molar-refractivity contribution in [3.63, 3.8) is 0 Å². The Balaban J connectivity index is 1.02. The molecule has 57 heavy (non-hydrogen) atoms. The second kappa shape index (κ2) is 13.3. The molecule has 9 aromatic rings. The highest BCUT2D eigenvalue weighted by Crippen LogP contribution is 2.47. The van der Waals surface area contributed by atoms with Gasteiger partial charge in [0.05, 0.1) is 10.8 Å². The number of hydrogen-bond acceptors (Lipinski definition) is 5. The molecule has 0 amide bonds. The first kappa shape index (κ1) is 33.4. The van der Waals surface area contributed by atoms with Crippen molar-refractivity contribution >= 4 is 56.3 Å². The van der Waals surface area contributed by atoms with E-state index in [1.807, 2.05) is 12.4 Å². The van der Waals surface area contributed by atoms with Gasteiger partial charge in [-0.3, -0.25) is 0 Å². The fraction of sp³-hybridized carbons (Fsp3) is 0.115. The number of furan rings is 1. The van der Waals surface area contributed by atoms with Crippen LogP contribution in [0.4, 0.5) is 34.1 Å². The number of rotatable bonds is 4. The van der Waals surface area contributed by atoms with Crippen LogP contribution in [0.5, 0.6) is 0 Å². The zero-order valence-corrected chi connectivity index (χ0v) is 32.0. The number of para-hydroxylation sites is 4. The minimum atomic E-state index is 0.589. The lowest BCUT2D eigenvalue weighted by molar-refractivity contribution is 0.640. The largest absolute Gasteiger partial charge is 0.419 e. The van der Waals surface area contributed by atoms with Crippen LogP contribution in [0.15, 0.2) is 162 Å². The second-order valence-corrected chi connectivity index (χ2v) is 15.3. The maximum absolute atomic E-state index is 6.28. The Labute approximate surface area is 332 Å². The minimum absolute atomic E-state index is 0.589. The van der Waals surface area contributed by atoms with Gasteiger partial charge in [0.25, 0.3) is 0 Å². The van der Waals surface area contributed by atoms with E-state index in [9.17, 15) is 0 Å². The zero-order chi connectivity index (χ0) is 38.0. The summed E-state index contributed by atoms with van der Waals surface area (Å²) in [6, 6.07) is 53.0. The summed E-state index contributed by atoms with van der Waals surface area (Å²) in [5.41, 5.74) is 20.6. The molecule has 11 rings (SSSR count). The average molecular weight is 737 g/mol. The van der Waals surface area contributed by atoms with Crippen LogP contribution in [0.25, 0.3) is 44.5 Å². The smallest absolute Gasteiger partial charge is 0.229 e. The van der Waals surface area contributed by atoms with E-state index in [1.165, 1.54) is 67.5 Å². The lowest BCUT2D eigenvalue weighted by Gasteiger charge is -2.29. The molecule has 5 heteroatoms. The summed E-state index contributed by atoms with van der Waals surface area (Å²) in [5, 5.41) is 1.91. The third kappa shape index (κ3) is 5.45. The number of benzene rings is 6. The van der Waals surface area contributed by atoms with Crippen LogP contribution in [0.1, 0.15) is 33.4 Å².